The Morgan fingerprint density at radius 2 is 1.96 bits per heavy atom. The molecule has 2 aromatic rings. The predicted octanol–water partition coefficient (Wildman–Crippen LogP) is 3.27. The molecule has 0 aliphatic rings. The van der Waals surface area contributed by atoms with Crippen molar-refractivity contribution in [3.8, 4) is 0 Å². The van der Waals surface area contributed by atoms with Crippen molar-refractivity contribution in [1.29, 1.82) is 0 Å². The Labute approximate surface area is 141 Å². The smallest absolute Gasteiger partial charge is 0.317 e. The molecule has 1 aromatic carbocycles. The van der Waals surface area contributed by atoms with E-state index in [1.165, 1.54) is 4.88 Å². The molecule has 124 valence electrons. The third-order valence-electron chi connectivity index (χ3n) is 3.31. The molecule has 0 saturated heterocycles. The van der Waals surface area contributed by atoms with E-state index in [4.69, 9.17) is 0 Å². The number of rotatable bonds is 7. The fraction of sp³-hybridized carbons (Fsp3) is 0.389. The van der Waals surface area contributed by atoms with Gasteiger partial charge in [0.05, 0.1) is 12.1 Å². The van der Waals surface area contributed by atoms with Crippen LogP contribution in [0.15, 0.2) is 47.8 Å². The summed E-state index contributed by atoms with van der Waals surface area (Å²) in [5, 5.41) is 15.1. The molecule has 2 rings (SSSR count). The standard InChI is InChI=1S/C18H24N2O2S/c1-18(2,22)14-20(13-15-7-4-3-5-8-15)17(21)19-11-10-16-9-6-12-23-16/h3-9,12,22H,10-11,13-14H2,1-2H3,(H,19,21). The average Bonchev–Trinajstić information content (AvgIpc) is 2.99. The maximum Gasteiger partial charge on any atom is 0.317 e. The molecule has 2 amide bonds. The number of urea groups is 1. The van der Waals surface area contributed by atoms with E-state index >= 15 is 0 Å². The van der Waals surface area contributed by atoms with E-state index < -0.39 is 5.60 Å². The monoisotopic (exact) mass is 332 g/mol. The second-order valence-corrected chi connectivity index (χ2v) is 7.25. The molecule has 23 heavy (non-hydrogen) atoms. The highest BCUT2D eigenvalue weighted by molar-refractivity contribution is 7.09. The van der Waals surface area contributed by atoms with Gasteiger partial charge in [-0.25, -0.2) is 4.79 Å². The fourth-order valence-corrected chi connectivity index (χ4v) is 3.04. The quantitative estimate of drug-likeness (QED) is 0.817. The van der Waals surface area contributed by atoms with Crippen molar-refractivity contribution >= 4 is 17.4 Å². The number of hydrogen-bond acceptors (Lipinski definition) is 3. The number of thiophene rings is 1. The zero-order valence-corrected chi connectivity index (χ0v) is 14.5. The molecule has 0 atom stereocenters. The molecule has 0 unspecified atom stereocenters. The molecule has 0 bridgehead atoms. The summed E-state index contributed by atoms with van der Waals surface area (Å²) in [5.41, 5.74) is 0.116. The van der Waals surface area contributed by atoms with E-state index in [0.717, 1.165) is 12.0 Å². The number of carbonyl (C=O) groups excluding carboxylic acids is 1. The maximum absolute atomic E-state index is 12.5. The van der Waals surface area contributed by atoms with Crippen LogP contribution < -0.4 is 5.32 Å². The third kappa shape index (κ3) is 6.42. The molecule has 2 N–H and O–H groups in total. The van der Waals surface area contributed by atoms with Crippen LogP contribution >= 0.6 is 11.3 Å². The van der Waals surface area contributed by atoms with Gasteiger partial charge in [0, 0.05) is 18.0 Å². The Balaban J connectivity index is 1.93. The lowest BCUT2D eigenvalue weighted by Gasteiger charge is -2.29. The van der Waals surface area contributed by atoms with Crippen molar-refractivity contribution in [3.63, 3.8) is 0 Å². The van der Waals surface area contributed by atoms with Crippen LogP contribution in [0.1, 0.15) is 24.3 Å². The highest BCUT2D eigenvalue weighted by Gasteiger charge is 2.22. The van der Waals surface area contributed by atoms with E-state index in [1.807, 2.05) is 41.8 Å². The third-order valence-corrected chi connectivity index (χ3v) is 4.25. The van der Waals surface area contributed by atoms with Gasteiger partial charge in [-0.3, -0.25) is 0 Å². The first-order chi connectivity index (χ1) is 10.9. The van der Waals surface area contributed by atoms with Gasteiger partial charge < -0.3 is 15.3 Å². The zero-order valence-electron chi connectivity index (χ0n) is 13.7. The molecule has 4 nitrogen and oxygen atoms in total. The molecule has 0 aliphatic heterocycles. The number of aliphatic hydroxyl groups is 1. The van der Waals surface area contributed by atoms with Crippen LogP contribution in [0.25, 0.3) is 0 Å². The Morgan fingerprint density at radius 1 is 1.22 bits per heavy atom. The van der Waals surface area contributed by atoms with Crippen LogP contribution in [0.4, 0.5) is 4.79 Å². The summed E-state index contributed by atoms with van der Waals surface area (Å²) in [5.74, 6) is 0. The Morgan fingerprint density at radius 3 is 2.57 bits per heavy atom. The first-order valence-electron chi connectivity index (χ1n) is 7.75. The summed E-state index contributed by atoms with van der Waals surface area (Å²) in [7, 11) is 0. The van der Waals surface area contributed by atoms with Crippen molar-refractivity contribution in [1.82, 2.24) is 10.2 Å². The largest absolute Gasteiger partial charge is 0.389 e. The normalized spacial score (nSPS) is 11.3. The minimum absolute atomic E-state index is 0.146. The lowest BCUT2D eigenvalue weighted by Crippen LogP contribution is -2.46. The fourth-order valence-electron chi connectivity index (χ4n) is 2.33. The summed E-state index contributed by atoms with van der Waals surface area (Å²) in [6, 6.07) is 13.7. The van der Waals surface area contributed by atoms with Crippen LogP contribution in [-0.2, 0) is 13.0 Å². The van der Waals surface area contributed by atoms with Crippen LogP contribution in [0.3, 0.4) is 0 Å². The van der Waals surface area contributed by atoms with Crippen molar-refractivity contribution < 1.29 is 9.90 Å². The SMILES string of the molecule is CC(C)(O)CN(Cc1ccccc1)C(=O)NCCc1cccs1. The number of carbonyl (C=O) groups is 1. The number of nitrogens with zero attached hydrogens (tertiary/aromatic N) is 1. The number of amides is 2. The van der Waals surface area contributed by atoms with Crippen LogP contribution in [0.2, 0.25) is 0 Å². The van der Waals surface area contributed by atoms with E-state index in [9.17, 15) is 9.90 Å². The summed E-state index contributed by atoms with van der Waals surface area (Å²) >= 11 is 1.69. The van der Waals surface area contributed by atoms with E-state index in [0.29, 0.717) is 13.1 Å². The van der Waals surface area contributed by atoms with E-state index in [-0.39, 0.29) is 12.6 Å². The lowest BCUT2D eigenvalue weighted by atomic mass is 10.1. The maximum atomic E-state index is 12.5. The van der Waals surface area contributed by atoms with Gasteiger partial charge in [0.1, 0.15) is 0 Å². The van der Waals surface area contributed by atoms with Crippen molar-refractivity contribution in [2.24, 2.45) is 0 Å². The zero-order chi connectivity index (χ0) is 16.7. The molecule has 1 aromatic heterocycles. The lowest BCUT2D eigenvalue weighted by molar-refractivity contribution is 0.0447. The molecular weight excluding hydrogens is 308 g/mol. The molecule has 5 heteroatoms. The molecule has 1 heterocycles. The second-order valence-electron chi connectivity index (χ2n) is 6.22. The number of benzene rings is 1. The second kappa shape index (κ2) is 8.13. The first kappa shape index (κ1) is 17.5. The molecular formula is C18H24N2O2S. The molecule has 0 fully saturated rings. The van der Waals surface area contributed by atoms with Gasteiger partial charge in [-0.05, 0) is 37.3 Å². The number of nitrogens with one attached hydrogen (secondary N) is 1. The average molecular weight is 332 g/mol. The van der Waals surface area contributed by atoms with Gasteiger partial charge in [-0.2, -0.15) is 0 Å². The van der Waals surface area contributed by atoms with Crippen LogP contribution in [0.5, 0.6) is 0 Å². The summed E-state index contributed by atoms with van der Waals surface area (Å²) in [4.78, 5) is 15.4. The minimum atomic E-state index is -0.931. The highest BCUT2D eigenvalue weighted by Crippen LogP contribution is 2.11. The van der Waals surface area contributed by atoms with Gasteiger partial charge in [0.25, 0.3) is 0 Å². The van der Waals surface area contributed by atoms with Gasteiger partial charge in [0.2, 0.25) is 0 Å². The summed E-state index contributed by atoms with van der Waals surface area (Å²) < 4.78 is 0. The van der Waals surface area contributed by atoms with Gasteiger partial charge in [-0.1, -0.05) is 36.4 Å². The van der Waals surface area contributed by atoms with Crippen LogP contribution in [-0.4, -0.2) is 34.7 Å². The Kier molecular flexibility index (Phi) is 6.19. The van der Waals surface area contributed by atoms with E-state index in [1.54, 1.807) is 30.1 Å². The summed E-state index contributed by atoms with van der Waals surface area (Å²) in [6.45, 7) is 4.78. The molecule has 0 aliphatic carbocycles. The van der Waals surface area contributed by atoms with Crippen molar-refractivity contribution in [3.05, 3.63) is 58.3 Å². The summed E-state index contributed by atoms with van der Waals surface area (Å²) in [6.07, 6.45) is 0.825. The van der Waals surface area contributed by atoms with Crippen molar-refractivity contribution in [2.75, 3.05) is 13.1 Å². The van der Waals surface area contributed by atoms with Gasteiger partial charge >= 0.3 is 6.03 Å². The molecule has 0 radical (unpaired) electrons. The topological polar surface area (TPSA) is 52.6 Å². The molecule has 0 saturated carbocycles. The Bertz CT molecular complexity index is 591. The van der Waals surface area contributed by atoms with Gasteiger partial charge in [0.15, 0.2) is 0 Å². The molecule has 0 spiro atoms. The van der Waals surface area contributed by atoms with Crippen LogP contribution in [0, 0.1) is 0 Å². The van der Waals surface area contributed by atoms with Crippen molar-refractivity contribution in [2.45, 2.75) is 32.4 Å². The van der Waals surface area contributed by atoms with Gasteiger partial charge in [-0.15, -0.1) is 11.3 Å². The minimum Gasteiger partial charge on any atom is -0.389 e. The number of hydrogen-bond donors (Lipinski definition) is 2. The Hall–Kier alpha value is -1.85. The first-order valence-corrected chi connectivity index (χ1v) is 8.63. The highest BCUT2D eigenvalue weighted by atomic mass is 32.1. The predicted molar refractivity (Wildman–Crippen MR) is 94.6 cm³/mol. The van der Waals surface area contributed by atoms with E-state index in [2.05, 4.69) is 11.4 Å².